The molecule has 0 saturated heterocycles. The van der Waals surface area contributed by atoms with Crippen LogP contribution in [-0.2, 0) is 9.53 Å². The number of amides is 3. The minimum atomic E-state index is -0.215. The summed E-state index contributed by atoms with van der Waals surface area (Å²) < 4.78 is 4.75. The number of allylic oxidation sites excluding steroid dienone is 2. The van der Waals surface area contributed by atoms with E-state index in [1.165, 1.54) is 7.11 Å². The molecule has 6 nitrogen and oxygen atoms in total. The Morgan fingerprint density at radius 1 is 1.13 bits per heavy atom. The maximum atomic E-state index is 11.9. The lowest BCUT2D eigenvalue weighted by atomic mass is 9.94. The van der Waals surface area contributed by atoms with Gasteiger partial charge in [-0.15, -0.1) is 0 Å². The number of anilines is 2. The van der Waals surface area contributed by atoms with Crippen LogP contribution in [0, 0.1) is 5.92 Å². The number of hydrogen-bond donors (Lipinski definition) is 3. The maximum absolute atomic E-state index is 11.9. The van der Waals surface area contributed by atoms with Gasteiger partial charge in [0.05, 0.1) is 0 Å². The molecule has 0 radical (unpaired) electrons. The van der Waals surface area contributed by atoms with Crippen molar-refractivity contribution in [2.45, 2.75) is 19.3 Å². The third kappa shape index (κ3) is 6.12. The summed E-state index contributed by atoms with van der Waals surface area (Å²) in [6.07, 6.45) is 7.58. The molecule has 0 spiro atoms. The van der Waals surface area contributed by atoms with E-state index in [-0.39, 0.29) is 18.5 Å². The van der Waals surface area contributed by atoms with Crippen LogP contribution in [0.3, 0.4) is 0 Å². The molecule has 0 aliphatic heterocycles. The molecule has 1 atom stereocenters. The van der Waals surface area contributed by atoms with Crippen LogP contribution in [0.4, 0.5) is 16.2 Å². The standard InChI is InChI=1S/C17H23N3O3/c1-23-12-16(21)19-14-7-9-15(10-8-14)20-17(22)18-11-13-5-3-2-4-6-13/h2-3,7-10,13H,4-6,11-12H2,1H3,(H,19,21)(H2,18,20,22)/t13-/m1/s1. The maximum Gasteiger partial charge on any atom is 0.319 e. The molecule has 1 aliphatic carbocycles. The number of carbonyl (C=O) groups excluding carboxylic acids is 2. The molecule has 3 amide bonds. The van der Waals surface area contributed by atoms with Crippen molar-refractivity contribution in [3.8, 4) is 0 Å². The second-order valence-electron chi connectivity index (χ2n) is 5.54. The van der Waals surface area contributed by atoms with Crippen molar-refractivity contribution in [3.63, 3.8) is 0 Å². The molecule has 0 heterocycles. The fraction of sp³-hybridized carbons (Fsp3) is 0.412. The van der Waals surface area contributed by atoms with Gasteiger partial charge in [-0.05, 0) is 49.4 Å². The van der Waals surface area contributed by atoms with Gasteiger partial charge in [-0.2, -0.15) is 0 Å². The van der Waals surface area contributed by atoms with Crippen LogP contribution in [0.2, 0.25) is 0 Å². The molecule has 0 unspecified atom stereocenters. The number of carbonyl (C=O) groups is 2. The van der Waals surface area contributed by atoms with Crippen molar-refractivity contribution in [2.24, 2.45) is 5.92 Å². The highest BCUT2D eigenvalue weighted by molar-refractivity contribution is 5.93. The molecule has 0 aromatic heterocycles. The topological polar surface area (TPSA) is 79.5 Å². The van der Waals surface area contributed by atoms with Crippen molar-refractivity contribution in [1.82, 2.24) is 5.32 Å². The van der Waals surface area contributed by atoms with Gasteiger partial charge in [-0.25, -0.2) is 4.79 Å². The van der Waals surface area contributed by atoms with E-state index in [2.05, 4.69) is 28.1 Å². The summed E-state index contributed by atoms with van der Waals surface area (Å²) in [5.41, 5.74) is 1.34. The van der Waals surface area contributed by atoms with Crippen LogP contribution in [0.1, 0.15) is 19.3 Å². The molecule has 1 aromatic rings. The Morgan fingerprint density at radius 3 is 2.43 bits per heavy atom. The van der Waals surface area contributed by atoms with Gasteiger partial charge >= 0.3 is 6.03 Å². The third-order valence-electron chi connectivity index (χ3n) is 3.63. The Hall–Kier alpha value is -2.34. The van der Waals surface area contributed by atoms with Crippen molar-refractivity contribution in [1.29, 1.82) is 0 Å². The van der Waals surface area contributed by atoms with Gasteiger partial charge in [0.2, 0.25) is 5.91 Å². The number of methoxy groups -OCH3 is 1. The van der Waals surface area contributed by atoms with Gasteiger partial charge in [0.15, 0.2) is 0 Å². The molecular formula is C17H23N3O3. The van der Waals surface area contributed by atoms with Crippen molar-refractivity contribution < 1.29 is 14.3 Å². The summed E-state index contributed by atoms with van der Waals surface area (Å²) in [4.78, 5) is 23.3. The molecule has 0 saturated carbocycles. The quantitative estimate of drug-likeness (QED) is 0.706. The third-order valence-corrected chi connectivity index (χ3v) is 3.63. The first-order valence-corrected chi connectivity index (χ1v) is 7.76. The van der Waals surface area contributed by atoms with Gasteiger partial charge in [0.25, 0.3) is 0 Å². The summed E-state index contributed by atoms with van der Waals surface area (Å²) >= 11 is 0. The molecule has 1 aliphatic rings. The number of nitrogens with one attached hydrogen (secondary N) is 3. The van der Waals surface area contributed by atoms with E-state index in [1.54, 1.807) is 24.3 Å². The number of benzene rings is 1. The Kier molecular flexibility index (Phi) is 6.62. The molecule has 2 rings (SSSR count). The van der Waals surface area contributed by atoms with Crippen molar-refractivity contribution in [3.05, 3.63) is 36.4 Å². The highest BCUT2D eigenvalue weighted by Crippen LogP contribution is 2.17. The van der Waals surface area contributed by atoms with Gasteiger partial charge in [0, 0.05) is 25.0 Å². The lowest BCUT2D eigenvalue weighted by Gasteiger charge is -2.18. The van der Waals surface area contributed by atoms with E-state index in [9.17, 15) is 9.59 Å². The first-order chi connectivity index (χ1) is 11.2. The van der Waals surface area contributed by atoms with E-state index in [4.69, 9.17) is 4.74 Å². The lowest BCUT2D eigenvalue weighted by Crippen LogP contribution is -2.33. The molecular weight excluding hydrogens is 294 g/mol. The van der Waals surface area contributed by atoms with E-state index < -0.39 is 0 Å². The fourth-order valence-corrected chi connectivity index (χ4v) is 2.42. The first-order valence-electron chi connectivity index (χ1n) is 7.76. The minimum absolute atomic E-state index is 0.0127. The summed E-state index contributed by atoms with van der Waals surface area (Å²) in [6.45, 7) is 0.695. The number of urea groups is 1. The SMILES string of the molecule is COCC(=O)Nc1ccc(NC(=O)NC[C@@H]2CC=CCC2)cc1. The molecule has 124 valence electrons. The normalized spacial score (nSPS) is 16.7. The lowest BCUT2D eigenvalue weighted by molar-refractivity contribution is -0.119. The minimum Gasteiger partial charge on any atom is -0.375 e. The Morgan fingerprint density at radius 2 is 1.83 bits per heavy atom. The van der Waals surface area contributed by atoms with E-state index in [0.717, 1.165) is 19.3 Å². The predicted molar refractivity (Wildman–Crippen MR) is 90.5 cm³/mol. The van der Waals surface area contributed by atoms with Crippen molar-refractivity contribution in [2.75, 3.05) is 30.9 Å². The summed E-state index contributed by atoms with van der Waals surface area (Å²) in [5, 5.41) is 8.37. The van der Waals surface area contributed by atoms with E-state index >= 15 is 0 Å². The van der Waals surface area contributed by atoms with Crippen LogP contribution < -0.4 is 16.0 Å². The number of rotatable bonds is 6. The molecule has 23 heavy (non-hydrogen) atoms. The second-order valence-corrected chi connectivity index (χ2v) is 5.54. The molecule has 0 bridgehead atoms. The largest absolute Gasteiger partial charge is 0.375 e. The highest BCUT2D eigenvalue weighted by atomic mass is 16.5. The van der Waals surface area contributed by atoms with E-state index in [0.29, 0.717) is 23.8 Å². The zero-order valence-electron chi connectivity index (χ0n) is 13.3. The highest BCUT2D eigenvalue weighted by Gasteiger charge is 2.11. The summed E-state index contributed by atoms with van der Waals surface area (Å²) in [5.74, 6) is 0.302. The van der Waals surface area contributed by atoms with Crippen LogP contribution in [-0.4, -0.2) is 32.2 Å². The van der Waals surface area contributed by atoms with Gasteiger partial charge < -0.3 is 20.7 Å². The van der Waals surface area contributed by atoms with Gasteiger partial charge in [-0.3, -0.25) is 4.79 Å². The number of ether oxygens (including phenoxy) is 1. The average Bonchev–Trinajstić information content (AvgIpc) is 2.56. The smallest absolute Gasteiger partial charge is 0.319 e. The Bertz CT molecular complexity index is 555. The van der Waals surface area contributed by atoms with Crippen LogP contribution in [0.5, 0.6) is 0 Å². The first kappa shape index (κ1) is 17.0. The number of hydrogen-bond acceptors (Lipinski definition) is 3. The predicted octanol–water partition coefficient (Wildman–Crippen LogP) is 2.75. The van der Waals surface area contributed by atoms with Crippen molar-refractivity contribution >= 4 is 23.3 Å². The molecule has 1 aromatic carbocycles. The molecule has 0 fully saturated rings. The molecule has 3 N–H and O–H groups in total. The zero-order valence-corrected chi connectivity index (χ0v) is 13.3. The Labute approximate surface area is 136 Å². The fourth-order valence-electron chi connectivity index (χ4n) is 2.42. The zero-order chi connectivity index (χ0) is 16.5. The van der Waals surface area contributed by atoms with Gasteiger partial charge in [0.1, 0.15) is 6.61 Å². The van der Waals surface area contributed by atoms with Crippen LogP contribution >= 0.6 is 0 Å². The van der Waals surface area contributed by atoms with Gasteiger partial charge in [-0.1, -0.05) is 12.2 Å². The van der Waals surface area contributed by atoms with E-state index in [1.807, 2.05) is 0 Å². The summed E-state index contributed by atoms with van der Waals surface area (Å²) in [6, 6.07) is 6.73. The second kappa shape index (κ2) is 8.95. The van der Waals surface area contributed by atoms with Crippen LogP contribution in [0.15, 0.2) is 36.4 Å². The van der Waals surface area contributed by atoms with Crippen LogP contribution in [0.25, 0.3) is 0 Å². The summed E-state index contributed by atoms with van der Waals surface area (Å²) in [7, 11) is 1.47. The molecule has 6 heteroatoms. The monoisotopic (exact) mass is 317 g/mol. The average molecular weight is 317 g/mol. The Balaban J connectivity index is 1.75.